The number of nitrogens with zero attached hydrogens (tertiary/aromatic N) is 1. The molecule has 1 fully saturated rings. The standard InChI is InChI=1S/C20H19F3N2O3/c1-13-5-7-14(8-6-13)11-25-12-15(9-18(25)26)19(27)24-16-3-2-4-17(10-16)28-20(21,22)23/h2-8,10,15H,9,11-12H2,1H3,(H,24,27). The van der Waals surface area contributed by atoms with E-state index in [1.54, 1.807) is 4.90 Å². The molecule has 1 N–H and O–H groups in total. The number of carbonyl (C=O) groups excluding carboxylic acids is 2. The summed E-state index contributed by atoms with van der Waals surface area (Å²) in [6.45, 7) is 2.65. The highest BCUT2D eigenvalue weighted by molar-refractivity contribution is 5.97. The molecule has 0 aromatic heterocycles. The van der Waals surface area contributed by atoms with Crippen LogP contribution in [-0.2, 0) is 16.1 Å². The monoisotopic (exact) mass is 392 g/mol. The van der Waals surface area contributed by atoms with Gasteiger partial charge in [-0.1, -0.05) is 35.9 Å². The Morgan fingerprint density at radius 3 is 2.61 bits per heavy atom. The van der Waals surface area contributed by atoms with E-state index in [9.17, 15) is 22.8 Å². The highest BCUT2D eigenvalue weighted by atomic mass is 19.4. The molecule has 5 nitrogen and oxygen atoms in total. The first kappa shape index (κ1) is 19.7. The van der Waals surface area contributed by atoms with E-state index in [1.807, 2.05) is 31.2 Å². The van der Waals surface area contributed by atoms with Gasteiger partial charge in [-0.05, 0) is 24.6 Å². The van der Waals surface area contributed by atoms with Gasteiger partial charge < -0.3 is 15.0 Å². The molecular weight excluding hydrogens is 373 g/mol. The Balaban J connectivity index is 1.60. The van der Waals surface area contributed by atoms with E-state index in [0.717, 1.165) is 23.3 Å². The number of ether oxygens (including phenoxy) is 1. The van der Waals surface area contributed by atoms with Crippen molar-refractivity contribution in [3.8, 4) is 5.75 Å². The maximum atomic E-state index is 12.4. The van der Waals surface area contributed by atoms with Crippen LogP contribution in [0.5, 0.6) is 5.75 Å². The lowest BCUT2D eigenvalue weighted by Gasteiger charge is -2.17. The van der Waals surface area contributed by atoms with Gasteiger partial charge in [0.05, 0.1) is 5.92 Å². The van der Waals surface area contributed by atoms with Crippen LogP contribution in [0.4, 0.5) is 18.9 Å². The van der Waals surface area contributed by atoms with Crippen LogP contribution in [0.15, 0.2) is 48.5 Å². The van der Waals surface area contributed by atoms with E-state index in [0.29, 0.717) is 6.54 Å². The van der Waals surface area contributed by atoms with E-state index < -0.39 is 23.9 Å². The molecular formula is C20H19F3N2O3. The molecule has 0 bridgehead atoms. The largest absolute Gasteiger partial charge is 0.573 e. The van der Waals surface area contributed by atoms with Crippen LogP contribution >= 0.6 is 0 Å². The van der Waals surface area contributed by atoms with Crippen molar-refractivity contribution in [2.75, 3.05) is 11.9 Å². The summed E-state index contributed by atoms with van der Waals surface area (Å²) in [6.07, 6.45) is -4.74. The normalized spacial score (nSPS) is 16.9. The first-order valence-electron chi connectivity index (χ1n) is 8.69. The average Bonchev–Trinajstić information content (AvgIpc) is 2.97. The molecule has 1 saturated heterocycles. The Hall–Kier alpha value is -3.03. The molecule has 8 heteroatoms. The number of hydrogen-bond acceptors (Lipinski definition) is 3. The number of carbonyl (C=O) groups is 2. The van der Waals surface area contributed by atoms with Crippen molar-refractivity contribution in [2.24, 2.45) is 5.92 Å². The summed E-state index contributed by atoms with van der Waals surface area (Å²) in [7, 11) is 0. The lowest BCUT2D eigenvalue weighted by atomic mass is 10.1. The van der Waals surface area contributed by atoms with Crippen LogP contribution < -0.4 is 10.1 Å². The lowest BCUT2D eigenvalue weighted by Crippen LogP contribution is -2.28. The number of halogens is 3. The zero-order valence-electron chi connectivity index (χ0n) is 15.1. The second-order valence-electron chi connectivity index (χ2n) is 6.73. The number of alkyl halides is 3. The van der Waals surface area contributed by atoms with Crippen LogP contribution in [0.25, 0.3) is 0 Å². The number of likely N-dealkylation sites (tertiary alicyclic amines) is 1. The number of rotatable bonds is 5. The molecule has 3 rings (SSSR count). The molecule has 2 aromatic carbocycles. The average molecular weight is 392 g/mol. The molecule has 1 unspecified atom stereocenters. The predicted molar refractivity (Wildman–Crippen MR) is 96.5 cm³/mol. The van der Waals surface area contributed by atoms with Gasteiger partial charge in [-0.25, -0.2) is 0 Å². The van der Waals surface area contributed by atoms with E-state index in [2.05, 4.69) is 10.1 Å². The van der Waals surface area contributed by atoms with E-state index in [-0.39, 0.29) is 24.6 Å². The first-order valence-corrected chi connectivity index (χ1v) is 8.69. The number of amides is 2. The number of nitrogens with one attached hydrogen (secondary N) is 1. The van der Waals surface area contributed by atoms with Gasteiger partial charge >= 0.3 is 6.36 Å². The molecule has 1 aliphatic rings. The fraction of sp³-hybridized carbons (Fsp3) is 0.300. The van der Waals surface area contributed by atoms with Crippen molar-refractivity contribution in [1.29, 1.82) is 0 Å². The number of anilines is 1. The fourth-order valence-corrected chi connectivity index (χ4v) is 3.03. The van der Waals surface area contributed by atoms with Crippen molar-refractivity contribution >= 4 is 17.5 Å². The van der Waals surface area contributed by atoms with Gasteiger partial charge in [-0.2, -0.15) is 0 Å². The third kappa shape index (κ3) is 5.25. The maximum absolute atomic E-state index is 12.4. The van der Waals surface area contributed by atoms with Crippen LogP contribution in [0.2, 0.25) is 0 Å². The molecule has 2 aromatic rings. The Morgan fingerprint density at radius 1 is 1.21 bits per heavy atom. The van der Waals surface area contributed by atoms with Crippen molar-refractivity contribution in [3.63, 3.8) is 0 Å². The zero-order chi connectivity index (χ0) is 20.3. The third-order valence-electron chi connectivity index (χ3n) is 4.41. The molecule has 0 aliphatic carbocycles. The molecule has 0 saturated carbocycles. The summed E-state index contributed by atoms with van der Waals surface area (Å²) in [5.41, 5.74) is 2.26. The van der Waals surface area contributed by atoms with E-state index >= 15 is 0 Å². The molecule has 0 spiro atoms. The van der Waals surface area contributed by atoms with E-state index in [4.69, 9.17) is 0 Å². The van der Waals surface area contributed by atoms with Gasteiger partial charge in [-0.15, -0.1) is 13.2 Å². The smallest absolute Gasteiger partial charge is 0.406 e. The summed E-state index contributed by atoms with van der Waals surface area (Å²) in [5.74, 6) is -1.53. The van der Waals surface area contributed by atoms with Crippen molar-refractivity contribution in [3.05, 3.63) is 59.7 Å². The number of hydrogen-bond donors (Lipinski definition) is 1. The molecule has 148 valence electrons. The molecule has 2 amide bonds. The Labute approximate surface area is 160 Å². The molecule has 1 heterocycles. The van der Waals surface area contributed by atoms with Gasteiger partial charge in [0.25, 0.3) is 0 Å². The first-order chi connectivity index (χ1) is 13.2. The highest BCUT2D eigenvalue weighted by Crippen LogP contribution is 2.26. The number of benzene rings is 2. The Morgan fingerprint density at radius 2 is 1.93 bits per heavy atom. The minimum atomic E-state index is -4.81. The second kappa shape index (κ2) is 7.92. The van der Waals surface area contributed by atoms with Crippen molar-refractivity contribution in [2.45, 2.75) is 26.3 Å². The Bertz CT molecular complexity index is 866. The van der Waals surface area contributed by atoms with Crippen LogP contribution in [0, 0.1) is 12.8 Å². The van der Waals surface area contributed by atoms with E-state index in [1.165, 1.54) is 12.1 Å². The highest BCUT2D eigenvalue weighted by Gasteiger charge is 2.34. The molecule has 1 atom stereocenters. The minimum absolute atomic E-state index is 0.0659. The van der Waals surface area contributed by atoms with Gasteiger partial charge in [0.15, 0.2) is 0 Å². The van der Waals surface area contributed by atoms with Gasteiger partial charge in [-0.3, -0.25) is 9.59 Å². The third-order valence-corrected chi connectivity index (χ3v) is 4.41. The van der Waals surface area contributed by atoms with Crippen molar-refractivity contribution < 1.29 is 27.5 Å². The fourth-order valence-electron chi connectivity index (χ4n) is 3.03. The summed E-state index contributed by atoms with van der Waals surface area (Å²) < 4.78 is 40.8. The topological polar surface area (TPSA) is 58.6 Å². The summed E-state index contributed by atoms with van der Waals surface area (Å²) in [5, 5.41) is 2.56. The van der Waals surface area contributed by atoms with Gasteiger partial charge in [0.2, 0.25) is 11.8 Å². The summed E-state index contributed by atoms with van der Waals surface area (Å²) in [4.78, 5) is 26.3. The molecule has 0 radical (unpaired) electrons. The van der Waals surface area contributed by atoms with Crippen molar-refractivity contribution in [1.82, 2.24) is 4.90 Å². The van der Waals surface area contributed by atoms with Crippen LogP contribution in [0.1, 0.15) is 17.5 Å². The molecule has 1 aliphatic heterocycles. The Kier molecular flexibility index (Phi) is 5.58. The zero-order valence-corrected chi connectivity index (χ0v) is 15.1. The SMILES string of the molecule is Cc1ccc(CN2CC(C(=O)Nc3cccc(OC(F)(F)F)c3)CC2=O)cc1. The minimum Gasteiger partial charge on any atom is -0.406 e. The summed E-state index contributed by atoms with van der Waals surface area (Å²) >= 11 is 0. The van der Waals surface area contributed by atoms with Crippen LogP contribution in [-0.4, -0.2) is 29.6 Å². The quantitative estimate of drug-likeness (QED) is 0.840. The maximum Gasteiger partial charge on any atom is 0.573 e. The molecule has 28 heavy (non-hydrogen) atoms. The number of aryl methyl sites for hydroxylation is 1. The van der Waals surface area contributed by atoms with Gasteiger partial charge in [0.1, 0.15) is 5.75 Å². The lowest BCUT2D eigenvalue weighted by molar-refractivity contribution is -0.274. The summed E-state index contributed by atoms with van der Waals surface area (Å²) in [6, 6.07) is 12.8. The van der Waals surface area contributed by atoms with Crippen LogP contribution in [0.3, 0.4) is 0 Å². The predicted octanol–water partition coefficient (Wildman–Crippen LogP) is 3.88. The van der Waals surface area contributed by atoms with Gasteiger partial charge in [0, 0.05) is 31.3 Å². The second-order valence-corrected chi connectivity index (χ2v) is 6.73.